The Morgan fingerprint density at radius 2 is 1.88 bits per heavy atom. The zero-order chi connectivity index (χ0) is 23.1. The van der Waals surface area contributed by atoms with Crippen LogP contribution >= 0.6 is 0 Å². The van der Waals surface area contributed by atoms with Crippen molar-refractivity contribution in [2.24, 2.45) is 5.92 Å². The summed E-state index contributed by atoms with van der Waals surface area (Å²) in [7, 11) is 1.41. The number of ether oxygens (including phenoxy) is 1. The molecule has 0 unspecified atom stereocenters. The number of carbonyl (C=O) groups is 2. The summed E-state index contributed by atoms with van der Waals surface area (Å²) >= 11 is 0. The van der Waals surface area contributed by atoms with Crippen molar-refractivity contribution < 1.29 is 23.6 Å². The van der Waals surface area contributed by atoms with Crippen LogP contribution in [0.25, 0.3) is 0 Å². The van der Waals surface area contributed by atoms with Gasteiger partial charge in [-0.05, 0) is 55.8 Å². The summed E-state index contributed by atoms with van der Waals surface area (Å²) in [4.78, 5) is 37.4. The lowest BCUT2D eigenvalue weighted by Crippen LogP contribution is -2.43. The molecular formula is C22H25FN4O5. The zero-order valence-corrected chi connectivity index (χ0v) is 17.7. The second-order valence-corrected chi connectivity index (χ2v) is 7.58. The van der Waals surface area contributed by atoms with E-state index in [2.05, 4.69) is 10.6 Å². The number of hydrogen-bond donors (Lipinski definition) is 2. The molecule has 0 radical (unpaired) electrons. The van der Waals surface area contributed by atoms with E-state index in [0.717, 1.165) is 5.56 Å². The average molecular weight is 444 g/mol. The molecule has 2 aromatic rings. The molecule has 0 spiro atoms. The van der Waals surface area contributed by atoms with Gasteiger partial charge in [0, 0.05) is 12.5 Å². The number of halogens is 1. The molecule has 1 aliphatic heterocycles. The van der Waals surface area contributed by atoms with E-state index >= 15 is 0 Å². The maximum atomic E-state index is 13.0. The molecule has 0 aliphatic carbocycles. The number of nitrogens with one attached hydrogen (secondary N) is 2. The molecule has 10 heteroatoms. The van der Waals surface area contributed by atoms with Crippen molar-refractivity contribution >= 4 is 23.2 Å². The number of nitrogens with zero attached hydrogens (tertiary/aromatic N) is 2. The number of carbonyl (C=O) groups excluding carboxylic acids is 2. The summed E-state index contributed by atoms with van der Waals surface area (Å²) in [5.74, 6) is -0.574. The smallest absolute Gasteiger partial charge is 0.296 e. The molecule has 1 fully saturated rings. The second kappa shape index (κ2) is 10.7. The molecule has 0 atom stereocenters. The first-order valence-electron chi connectivity index (χ1n) is 10.2. The molecule has 1 aliphatic rings. The molecule has 9 nitrogen and oxygen atoms in total. The Morgan fingerprint density at radius 3 is 2.50 bits per heavy atom. The maximum Gasteiger partial charge on any atom is 0.296 e. The van der Waals surface area contributed by atoms with Crippen LogP contribution in [0.5, 0.6) is 5.75 Å². The van der Waals surface area contributed by atoms with Crippen LogP contribution in [0, 0.1) is 21.8 Å². The number of nitro groups is 1. The van der Waals surface area contributed by atoms with E-state index in [1.54, 1.807) is 18.2 Å². The number of rotatable bonds is 8. The molecular weight excluding hydrogens is 419 g/mol. The van der Waals surface area contributed by atoms with Gasteiger partial charge in [-0.1, -0.05) is 12.1 Å². The first kappa shape index (κ1) is 23.1. The summed E-state index contributed by atoms with van der Waals surface area (Å²) < 4.78 is 17.9. The Bertz CT molecular complexity index is 975. The molecule has 2 N–H and O–H groups in total. The molecule has 0 saturated carbocycles. The molecule has 1 heterocycles. The van der Waals surface area contributed by atoms with Gasteiger partial charge in [-0.15, -0.1) is 0 Å². The van der Waals surface area contributed by atoms with Gasteiger partial charge in [0.2, 0.25) is 11.8 Å². The molecule has 32 heavy (non-hydrogen) atoms. The van der Waals surface area contributed by atoms with Gasteiger partial charge >= 0.3 is 0 Å². The van der Waals surface area contributed by atoms with Crippen LogP contribution in [0.3, 0.4) is 0 Å². The lowest BCUT2D eigenvalue weighted by Gasteiger charge is -2.30. The normalized spacial score (nSPS) is 14.6. The fraction of sp³-hybridized carbons (Fsp3) is 0.364. The van der Waals surface area contributed by atoms with E-state index in [1.807, 2.05) is 4.90 Å². The third kappa shape index (κ3) is 6.24. The first-order chi connectivity index (χ1) is 15.4. The van der Waals surface area contributed by atoms with Crippen molar-refractivity contribution in [2.45, 2.75) is 19.4 Å². The van der Waals surface area contributed by atoms with Gasteiger partial charge in [-0.3, -0.25) is 24.6 Å². The summed E-state index contributed by atoms with van der Waals surface area (Å²) in [6.07, 6.45) is 1.20. The van der Waals surface area contributed by atoms with Gasteiger partial charge in [0.15, 0.2) is 0 Å². The first-order valence-corrected chi connectivity index (χ1v) is 10.2. The van der Waals surface area contributed by atoms with Crippen LogP contribution in [-0.4, -0.2) is 48.4 Å². The van der Waals surface area contributed by atoms with Crippen molar-refractivity contribution in [3.8, 4) is 5.75 Å². The number of piperidine rings is 1. The third-order valence-corrected chi connectivity index (χ3v) is 5.38. The van der Waals surface area contributed by atoms with Crippen molar-refractivity contribution in [1.82, 2.24) is 10.2 Å². The second-order valence-electron chi connectivity index (χ2n) is 7.58. The maximum absolute atomic E-state index is 13.0. The van der Waals surface area contributed by atoms with Crippen LogP contribution in [0.15, 0.2) is 42.5 Å². The lowest BCUT2D eigenvalue weighted by atomic mass is 9.96. The third-order valence-electron chi connectivity index (χ3n) is 5.38. The van der Waals surface area contributed by atoms with Crippen LogP contribution in [0.1, 0.15) is 18.4 Å². The number of anilines is 1. The molecule has 170 valence electrons. The molecule has 2 amide bonds. The molecule has 1 saturated heterocycles. The van der Waals surface area contributed by atoms with Crippen molar-refractivity contribution in [2.75, 3.05) is 32.1 Å². The van der Waals surface area contributed by atoms with Gasteiger partial charge in [-0.25, -0.2) is 4.39 Å². The minimum atomic E-state index is -0.575. The number of likely N-dealkylation sites (tertiary alicyclic amines) is 1. The van der Waals surface area contributed by atoms with Crippen molar-refractivity contribution in [3.63, 3.8) is 0 Å². The molecule has 0 aromatic heterocycles. The van der Waals surface area contributed by atoms with E-state index < -0.39 is 4.92 Å². The van der Waals surface area contributed by atoms with Crippen LogP contribution in [0.2, 0.25) is 0 Å². The van der Waals surface area contributed by atoms with Crippen LogP contribution < -0.4 is 15.4 Å². The van der Waals surface area contributed by atoms with E-state index in [9.17, 15) is 24.1 Å². The van der Waals surface area contributed by atoms with Crippen molar-refractivity contribution in [1.29, 1.82) is 0 Å². The number of nitro benzene ring substituents is 1. The van der Waals surface area contributed by atoms with Crippen LogP contribution in [0.4, 0.5) is 15.8 Å². The van der Waals surface area contributed by atoms with Gasteiger partial charge < -0.3 is 15.4 Å². The molecule has 3 rings (SSSR count). The molecule has 0 bridgehead atoms. The van der Waals surface area contributed by atoms with Gasteiger partial charge in [0.05, 0.1) is 24.6 Å². The minimum absolute atomic E-state index is 0.0627. The van der Waals surface area contributed by atoms with E-state index in [4.69, 9.17) is 4.74 Å². The van der Waals surface area contributed by atoms with Crippen molar-refractivity contribution in [3.05, 3.63) is 64.0 Å². The highest BCUT2D eigenvalue weighted by Gasteiger charge is 2.26. The highest BCUT2D eigenvalue weighted by molar-refractivity contribution is 5.94. The minimum Gasteiger partial charge on any atom is -0.496 e. The van der Waals surface area contributed by atoms with E-state index in [-0.39, 0.29) is 41.5 Å². The summed E-state index contributed by atoms with van der Waals surface area (Å²) in [6, 6.07) is 10.2. The highest BCUT2D eigenvalue weighted by Crippen LogP contribution is 2.29. The Hall–Kier alpha value is -3.53. The standard InChI is InChI=1S/C22H25FN4O5/c1-32-18-6-7-19(20(12-18)27(30)31)25-21(28)14-26-10-8-16(9-11-26)22(29)24-13-15-2-4-17(23)5-3-15/h2-7,12,16H,8-11,13-14H2,1H3,(H,24,29)(H,25,28). The average Bonchev–Trinajstić information content (AvgIpc) is 2.79. The van der Waals surface area contributed by atoms with Gasteiger partial charge in [0.1, 0.15) is 17.3 Å². The SMILES string of the molecule is COc1ccc(NC(=O)CN2CCC(C(=O)NCc3ccc(F)cc3)CC2)c([N+](=O)[O-])c1. The Balaban J connectivity index is 1.45. The monoisotopic (exact) mass is 444 g/mol. The largest absolute Gasteiger partial charge is 0.496 e. The Kier molecular flexibility index (Phi) is 7.72. The quantitative estimate of drug-likeness (QED) is 0.478. The van der Waals surface area contributed by atoms with Gasteiger partial charge in [-0.2, -0.15) is 0 Å². The number of methoxy groups -OCH3 is 1. The number of hydrogen-bond acceptors (Lipinski definition) is 6. The summed E-state index contributed by atoms with van der Waals surface area (Å²) in [6.45, 7) is 1.54. The topological polar surface area (TPSA) is 114 Å². The molecule has 2 aromatic carbocycles. The predicted octanol–water partition coefficient (Wildman–Crippen LogP) is 2.71. The fourth-order valence-corrected chi connectivity index (χ4v) is 3.58. The van der Waals surface area contributed by atoms with E-state index in [1.165, 1.54) is 31.4 Å². The fourth-order valence-electron chi connectivity index (χ4n) is 3.58. The Morgan fingerprint density at radius 1 is 1.19 bits per heavy atom. The summed E-state index contributed by atoms with van der Waals surface area (Å²) in [5, 5.41) is 16.7. The lowest BCUT2D eigenvalue weighted by molar-refractivity contribution is -0.384. The van der Waals surface area contributed by atoms with Crippen LogP contribution in [-0.2, 0) is 16.1 Å². The van der Waals surface area contributed by atoms with E-state index in [0.29, 0.717) is 38.2 Å². The highest BCUT2D eigenvalue weighted by atomic mass is 19.1. The number of benzene rings is 2. The number of amides is 2. The predicted molar refractivity (Wildman–Crippen MR) is 116 cm³/mol. The summed E-state index contributed by atoms with van der Waals surface area (Å²) in [5.41, 5.74) is 0.687. The Labute approximate surface area is 184 Å². The van der Waals surface area contributed by atoms with Gasteiger partial charge in [0.25, 0.3) is 5.69 Å². The zero-order valence-electron chi connectivity index (χ0n) is 17.7.